The highest BCUT2D eigenvalue weighted by Gasteiger charge is 2.15. The van der Waals surface area contributed by atoms with Crippen molar-refractivity contribution in [2.24, 2.45) is 0 Å². The van der Waals surface area contributed by atoms with Crippen LogP contribution in [0.5, 0.6) is 0 Å². The molecule has 0 saturated carbocycles. The summed E-state index contributed by atoms with van der Waals surface area (Å²) in [5.41, 5.74) is 4.42. The monoisotopic (exact) mass is 409 g/mol. The molecule has 5 rings (SSSR count). The number of halogens is 1. The lowest BCUT2D eigenvalue weighted by molar-refractivity contribution is 1.15. The van der Waals surface area contributed by atoms with Gasteiger partial charge in [-0.15, -0.1) is 0 Å². The molecule has 2 heterocycles. The van der Waals surface area contributed by atoms with Crippen molar-refractivity contribution in [3.05, 3.63) is 106 Å². The predicted octanol–water partition coefficient (Wildman–Crippen LogP) is 5.97. The van der Waals surface area contributed by atoms with Crippen molar-refractivity contribution >= 4 is 22.6 Å². The predicted molar refractivity (Wildman–Crippen MR) is 121 cm³/mol. The molecule has 0 fully saturated rings. The molecule has 5 aromatic rings. The number of pyridine rings is 1. The first-order valence-corrected chi connectivity index (χ1v) is 9.89. The summed E-state index contributed by atoms with van der Waals surface area (Å²) in [5, 5.41) is 1.09. The number of hydrogen-bond donors (Lipinski definition) is 1. The highest BCUT2D eigenvalue weighted by Crippen LogP contribution is 2.30. The third-order valence-electron chi connectivity index (χ3n) is 4.95. The number of aromatic nitrogens is 3. The van der Waals surface area contributed by atoms with Gasteiger partial charge in [-0.3, -0.25) is 4.79 Å². The van der Waals surface area contributed by atoms with E-state index in [9.17, 15) is 4.79 Å². The van der Waals surface area contributed by atoms with Crippen molar-refractivity contribution in [3.63, 3.8) is 0 Å². The maximum Gasteiger partial charge on any atom is 0.261 e. The first-order valence-electron chi connectivity index (χ1n) is 9.51. The van der Waals surface area contributed by atoms with Gasteiger partial charge in [-0.05, 0) is 35.9 Å². The number of H-pyrrole nitrogens is 1. The van der Waals surface area contributed by atoms with Gasteiger partial charge in [0.25, 0.3) is 5.56 Å². The minimum Gasteiger partial charge on any atom is -0.306 e. The molecule has 1 N–H and O–H groups in total. The fourth-order valence-corrected chi connectivity index (χ4v) is 3.61. The fraction of sp³-hybridized carbons (Fsp3) is 0. The van der Waals surface area contributed by atoms with Gasteiger partial charge in [0.1, 0.15) is 5.82 Å². The third kappa shape index (κ3) is 3.38. The molecule has 0 aliphatic heterocycles. The molecule has 0 spiro atoms. The molecule has 4 nitrogen and oxygen atoms in total. The van der Waals surface area contributed by atoms with Crippen molar-refractivity contribution in [2.75, 3.05) is 0 Å². The third-order valence-corrected chi connectivity index (χ3v) is 5.20. The molecule has 0 atom stereocenters. The molecular formula is C25H16ClN3O. The Morgan fingerprint density at radius 2 is 1.33 bits per heavy atom. The normalized spacial score (nSPS) is 11.0. The smallest absolute Gasteiger partial charge is 0.261 e. The summed E-state index contributed by atoms with van der Waals surface area (Å²) < 4.78 is 0. The molecule has 0 amide bonds. The highest BCUT2D eigenvalue weighted by molar-refractivity contribution is 6.30. The minimum atomic E-state index is -0.226. The van der Waals surface area contributed by atoms with Gasteiger partial charge in [0.05, 0.1) is 11.1 Å². The zero-order valence-corrected chi connectivity index (χ0v) is 16.6. The molecule has 0 unspecified atom stereocenters. The van der Waals surface area contributed by atoms with Gasteiger partial charge >= 0.3 is 0 Å². The summed E-state index contributed by atoms with van der Waals surface area (Å²) in [6, 6.07) is 28.8. The Kier molecular flexibility index (Phi) is 4.62. The van der Waals surface area contributed by atoms with E-state index in [-0.39, 0.29) is 5.56 Å². The standard InChI is InChI=1S/C25H16ClN3O/c26-19-13-11-18(12-14-19)23-28-24-22(25(30)29-23)20(16-7-3-1-4-8-16)15-21(27-24)17-9-5-2-6-10-17/h1-15H,(H,27,28,29,30). The molecule has 2 aromatic heterocycles. The van der Waals surface area contributed by atoms with Crippen molar-refractivity contribution < 1.29 is 0 Å². The number of benzene rings is 3. The first kappa shape index (κ1) is 18.3. The van der Waals surface area contributed by atoms with Crippen LogP contribution in [0.25, 0.3) is 44.8 Å². The fourth-order valence-electron chi connectivity index (χ4n) is 3.49. The lowest BCUT2D eigenvalue weighted by Crippen LogP contribution is -2.12. The zero-order chi connectivity index (χ0) is 20.5. The maximum atomic E-state index is 13.1. The van der Waals surface area contributed by atoms with E-state index in [1.807, 2.05) is 78.9 Å². The van der Waals surface area contributed by atoms with Crippen LogP contribution in [-0.4, -0.2) is 15.0 Å². The van der Waals surface area contributed by atoms with E-state index >= 15 is 0 Å². The second kappa shape index (κ2) is 7.58. The number of nitrogens with zero attached hydrogens (tertiary/aromatic N) is 2. The molecule has 3 aromatic carbocycles. The Balaban J connectivity index is 1.81. The topological polar surface area (TPSA) is 58.6 Å². The molecule has 144 valence electrons. The van der Waals surface area contributed by atoms with Gasteiger partial charge < -0.3 is 4.98 Å². The average molecular weight is 410 g/mol. The van der Waals surface area contributed by atoms with Gasteiger partial charge in [0.2, 0.25) is 0 Å². The number of aromatic amines is 1. The van der Waals surface area contributed by atoms with Crippen LogP contribution in [0.4, 0.5) is 0 Å². The Labute approximate surface area is 177 Å². The summed E-state index contributed by atoms with van der Waals surface area (Å²) >= 11 is 6.00. The van der Waals surface area contributed by atoms with Crippen LogP contribution in [0.1, 0.15) is 0 Å². The molecule has 5 heteroatoms. The summed E-state index contributed by atoms with van der Waals surface area (Å²) in [6.07, 6.45) is 0. The summed E-state index contributed by atoms with van der Waals surface area (Å²) in [7, 11) is 0. The van der Waals surface area contributed by atoms with Gasteiger partial charge in [-0.1, -0.05) is 72.3 Å². The van der Waals surface area contributed by atoms with Crippen molar-refractivity contribution in [1.29, 1.82) is 0 Å². The van der Waals surface area contributed by atoms with E-state index in [2.05, 4.69) is 4.98 Å². The van der Waals surface area contributed by atoms with Crippen LogP contribution < -0.4 is 5.56 Å². The second-order valence-electron chi connectivity index (χ2n) is 6.91. The first-order chi connectivity index (χ1) is 14.7. The van der Waals surface area contributed by atoms with E-state index < -0.39 is 0 Å². The van der Waals surface area contributed by atoms with E-state index in [4.69, 9.17) is 21.6 Å². The van der Waals surface area contributed by atoms with Gasteiger partial charge in [0, 0.05) is 21.7 Å². The molecular weight excluding hydrogens is 394 g/mol. The molecule has 30 heavy (non-hydrogen) atoms. The van der Waals surface area contributed by atoms with Crippen LogP contribution in [0.15, 0.2) is 95.8 Å². The average Bonchev–Trinajstić information content (AvgIpc) is 2.80. The second-order valence-corrected chi connectivity index (χ2v) is 7.34. The van der Waals surface area contributed by atoms with E-state index in [0.717, 1.165) is 27.9 Å². The summed E-state index contributed by atoms with van der Waals surface area (Å²) in [6.45, 7) is 0. The molecule has 0 aliphatic rings. The largest absolute Gasteiger partial charge is 0.306 e. The number of rotatable bonds is 3. The van der Waals surface area contributed by atoms with Crippen molar-refractivity contribution in [1.82, 2.24) is 15.0 Å². The SMILES string of the molecule is O=c1[nH]c(-c2ccc(Cl)cc2)nc2nc(-c3ccccc3)cc(-c3ccccc3)c12. The van der Waals surface area contributed by atoms with Gasteiger partial charge in [-0.25, -0.2) is 9.97 Å². The highest BCUT2D eigenvalue weighted by atomic mass is 35.5. The van der Waals surface area contributed by atoms with Crippen molar-refractivity contribution in [3.8, 4) is 33.8 Å². The molecule has 0 radical (unpaired) electrons. The van der Waals surface area contributed by atoms with Crippen LogP contribution in [0.3, 0.4) is 0 Å². The Morgan fingerprint density at radius 1 is 0.700 bits per heavy atom. The molecule has 0 aliphatic carbocycles. The minimum absolute atomic E-state index is 0.226. The van der Waals surface area contributed by atoms with Gasteiger partial charge in [0.15, 0.2) is 5.65 Å². The van der Waals surface area contributed by atoms with Crippen LogP contribution in [0.2, 0.25) is 5.02 Å². The van der Waals surface area contributed by atoms with Crippen molar-refractivity contribution in [2.45, 2.75) is 0 Å². The van der Waals surface area contributed by atoms with Gasteiger partial charge in [-0.2, -0.15) is 0 Å². The maximum absolute atomic E-state index is 13.1. The number of hydrogen-bond acceptors (Lipinski definition) is 3. The Morgan fingerprint density at radius 3 is 2.00 bits per heavy atom. The summed E-state index contributed by atoms with van der Waals surface area (Å²) in [4.78, 5) is 25.5. The van der Waals surface area contributed by atoms with E-state index in [0.29, 0.717) is 21.9 Å². The van der Waals surface area contributed by atoms with Crippen LogP contribution >= 0.6 is 11.6 Å². The van der Waals surface area contributed by atoms with Crippen LogP contribution in [0, 0.1) is 0 Å². The molecule has 0 saturated heterocycles. The number of nitrogens with one attached hydrogen (secondary N) is 1. The van der Waals surface area contributed by atoms with E-state index in [1.165, 1.54) is 0 Å². The zero-order valence-electron chi connectivity index (χ0n) is 15.8. The lowest BCUT2D eigenvalue weighted by Gasteiger charge is -2.11. The lowest BCUT2D eigenvalue weighted by atomic mass is 10.00. The Bertz CT molecular complexity index is 1400. The quantitative estimate of drug-likeness (QED) is 0.399. The Hall–Kier alpha value is -3.76. The van der Waals surface area contributed by atoms with Crippen LogP contribution in [-0.2, 0) is 0 Å². The molecule has 0 bridgehead atoms. The van der Waals surface area contributed by atoms with E-state index in [1.54, 1.807) is 12.1 Å². The summed E-state index contributed by atoms with van der Waals surface area (Å²) in [5.74, 6) is 0.459. The number of fused-ring (bicyclic) bond motifs is 1.